The van der Waals surface area contributed by atoms with Gasteiger partial charge in [-0.1, -0.05) is 0 Å². The van der Waals surface area contributed by atoms with Crippen LogP contribution in [0.4, 0.5) is 17.5 Å². The van der Waals surface area contributed by atoms with Crippen molar-refractivity contribution >= 4 is 34.7 Å². The molecule has 8 heteroatoms. The minimum absolute atomic E-state index is 0.0603. The highest BCUT2D eigenvalue weighted by Crippen LogP contribution is 2.17. The van der Waals surface area contributed by atoms with Gasteiger partial charge in [0.25, 0.3) is 0 Å². The molecule has 28 heavy (non-hydrogen) atoms. The average Bonchev–Trinajstić information content (AvgIpc) is 3.09. The van der Waals surface area contributed by atoms with Crippen LogP contribution in [0, 0.1) is 13.8 Å². The molecule has 0 atom stereocenters. The van der Waals surface area contributed by atoms with E-state index in [-0.39, 0.29) is 5.91 Å². The molecule has 0 spiro atoms. The molecule has 0 radical (unpaired) electrons. The van der Waals surface area contributed by atoms with Gasteiger partial charge in [0.15, 0.2) is 0 Å². The number of carbonyl (C=O) groups is 1. The lowest BCUT2D eigenvalue weighted by Crippen LogP contribution is -2.29. The Hall–Kier alpha value is -3.00. The lowest BCUT2D eigenvalue weighted by atomic mass is 10.2. The minimum atomic E-state index is 0.0603. The predicted molar refractivity (Wildman–Crippen MR) is 113 cm³/mol. The summed E-state index contributed by atoms with van der Waals surface area (Å²) in [6.45, 7) is 5.21. The summed E-state index contributed by atoms with van der Waals surface area (Å²) >= 11 is 1.70. The summed E-state index contributed by atoms with van der Waals surface area (Å²) in [6, 6.07) is 7.78. The molecule has 0 fully saturated rings. The Morgan fingerprint density at radius 2 is 1.86 bits per heavy atom. The van der Waals surface area contributed by atoms with Gasteiger partial charge >= 0.3 is 0 Å². The van der Waals surface area contributed by atoms with E-state index < -0.39 is 0 Å². The van der Waals surface area contributed by atoms with Crippen LogP contribution in [-0.2, 0) is 11.2 Å². The topological polar surface area (TPSA) is 91.8 Å². The van der Waals surface area contributed by atoms with E-state index in [1.807, 2.05) is 25.1 Å². The first-order valence-electron chi connectivity index (χ1n) is 9.15. The van der Waals surface area contributed by atoms with Gasteiger partial charge in [-0.3, -0.25) is 4.79 Å². The fraction of sp³-hybridized carbons (Fsp3) is 0.300. The van der Waals surface area contributed by atoms with Crippen LogP contribution in [0.25, 0.3) is 0 Å². The van der Waals surface area contributed by atoms with E-state index in [0.29, 0.717) is 31.1 Å². The van der Waals surface area contributed by atoms with Crippen molar-refractivity contribution in [3.8, 4) is 0 Å². The second kappa shape index (κ2) is 9.80. The molecule has 0 saturated carbocycles. The number of thiophene rings is 1. The van der Waals surface area contributed by atoms with Crippen LogP contribution in [0.5, 0.6) is 0 Å². The Kier molecular flexibility index (Phi) is 6.91. The lowest BCUT2D eigenvalue weighted by molar-refractivity contribution is -0.120. The van der Waals surface area contributed by atoms with Crippen LogP contribution >= 0.6 is 11.3 Å². The Balaban J connectivity index is 1.40. The predicted octanol–water partition coefficient (Wildman–Crippen LogP) is 3.45. The zero-order chi connectivity index (χ0) is 19.8. The highest BCUT2D eigenvalue weighted by Gasteiger charge is 2.05. The van der Waals surface area contributed by atoms with Crippen molar-refractivity contribution in [1.29, 1.82) is 0 Å². The number of nitrogens with one attached hydrogen (secondary N) is 3. The second-order valence-electron chi connectivity index (χ2n) is 6.44. The molecule has 0 unspecified atom stereocenters. The summed E-state index contributed by atoms with van der Waals surface area (Å²) in [5.41, 5.74) is 2.38. The van der Waals surface area contributed by atoms with Gasteiger partial charge in [-0.15, -0.1) is 11.3 Å². The molecule has 0 saturated heterocycles. The molecule has 0 aliphatic carbocycles. The molecule has 0 aromatic carbocycles. The van der Waals surface area contributed by atoms with Gasteiger partial charge in [0.2, 0.25) is 5.91 Å². The first kappa shape index (κ1) is 19.8. The van der Waals surface area contributed by atoms with Crippen molar-refractivity contribution in [3.63, 3.8) is 0 Å². The first-order chi connectivity index (χ1) is 13.6. The number of aryl methyl sites for hydroxylation is 3. The van der Waals surface area contributed by atoms with Crippen molar-refractivity contribution in [2.24, 2.45) is 0 Å². The van der Waals surface area contributed by atoms with Crippen LogP contribution in [0.1, 0.15) is 22.4 Å². The van der Waals surface area contributed by atoms with Crippen molar-refractivity contribution < 1.29 is 4.79 Å². The summed E-state index contributed by atoms with van der Waals surface area (Å²) in [4.78, 5) is 25.9. The van der Waals surface area contributed by atoms with Crippen LogP contribution in [0.15, 0.2) is 42.2 Å². The molecule has 7 nitrogen and oxygen atoms in total. The molecular formula is C20H24N6OS. The number of rotatable bonds is 9. The number of nitrogens with zero attached hydrogens (tertiary/aromatic N) is 3. The number of hydrogen-bond donors (Lipinski definition) is 3. The van der Waals surface area contributed by atoms with E-state index in [4.69, 9.17) is 0 Å². The molecule has 0 bridgehead atoms. The maximum Gasteiger partial charge on any atom is 0.220 e. The largest absolute Gasteiger partial charge is 0.368 e. The zero-order valence-corrected chi connectivity index (χ0v) is 16.8. The summed E-state index contributed by atoms with van der Waals surface area (Å²) in [7, 11) is 0. The molecule has 3 N–H and O–H groups in total. The third-order valence-corrected chi connectivity index (χ3v) is 5.22. The Morgan fingerprint density at radius 3 is 2.64 bits per heavy atom. The zero-order valence-electron chi connectivity index (χ0n) is 16.0. The maximum atomic E-state index is 12.0. The van der Waals surface area contributed by atoms with Gasteiger partial charge < -0.3 is 16.0 Å². The van der Waals surface area contributed by atoms with Gasteiger partial charge in [-0.25, -0.2) is 15.0 Å². The van der Waals surface area contributed by atoms with E-state index in [1.54, 1.807) is 17.5 Å². The molecule has 3 rings (SSSR count). The highest BCUT2D eigenvalue weighted by molar-refractivity contribution is 7.10. The van der Waals surface area contributed by atoms with E-state index in [2.05, 4.69) is 49.3 Å². The molecular weight excluding hydrogens is 372 g/mol. The molecule has 0 aliphatic heterocycles. The fourth-order valence-electron chi connectivity index (χ4n) is 2.63. The molecule has 3 aromatic rings. The van der Waals surface area contributed by atoms with Crippen LogP contribution in [-0.4, -0.2) is 33.9 Å². The number of carbonyl (C=O) groups excluding carboxylic acids is 1. The van der Waals surface area contributed by atoms with Gasteiger partial charge in [-0.05, 0) is 55.0 Å². The second-order valence-corrected chi connectivity index (χ2v) is 7.44. The average molecular weight is 397 g/mol. The quantitative estimate of drug-likeness (QED) is 0.480. The van der Waals surface area contributed by atoms with E-state index in [0.717, 1.165) is 17.8 Å². The summed E-state index contributed by atoms with van der Waals surface area (Å²) in [6.07, 6.45) is 4.53. The summed E-state index contributed by atoms with van der Waals surface area (Å²) < 4.78 is 0. The highest BCUT2D eigenvalue weighted by atomic mass is 32.1. The van der Waals surface area contributed by atoms with E-state index in [9.17, 15) is 4.79 Å². The number of pyridine rings is 1. The maximum absolute atomic E-state index is 12.0. The third kappa shape index (κ3) is 6.02. The SMILES string of the molecule is Cc1ccnc(Nc2cc(NCCNC(=O)CCc3sccc3C)ncn2)c1. The number of aromatic nitrogens is 3. The Morgan fingerprint density at radius 1 is 1.04 bits per heavy atom. The normalized spacial score (nSPS) is 10.5. The smallest absolute Gasteiger partial charge is 0.220 e. The van der Waals surface area contributed by atoms with E-state index in [1.165, 1.54) is 16.8 Å². The van der Waals surface area contributed by atoms with Crippen molar-refractivity contribution in [1.82, 2.24) is 20.3 Å². The Labute approximate surface area is 168 Å². The van der Waals surface area contributed by atoms with Crippen molar-refractivity contribution in [3.05, 3.63) is 58.2 Å². The monoisotopic (exact) mass is 396 g/mol. The van der Waals surface area contributed by atoms with Gasteiger partial charge in [0, 0.05) is 36.7 Å². The number of anilines is 3. The summed E-state index contributed by atoms with van der Waals surface area (Å²) in [5, 5.41) is 11.3. The van der Waals surface area contributed by atoms with Crippen molar-refractivity contribution in [2.45, 2.75) is 26.7 Å². The molecule has 1 amide bonds. The van der Waals surface area contributed by atoms with Gasteiger partial charge in [0.1, 0.15) is 23.8 Å². The van der Waals surface area contributed by atoms with E-state index >= 15 is 0 Å². The van der Waals surface area contributed by atoms with Gasteiger partial charge in [0.05, 0.1) is 0 Å². The molecule has 3 heterocycles. The fourth-order valence-corrected chi connectivity index (χ4v) is 3.54. The third-order valence-electron chi connectivity index (χ3n) is 4.14. The lowest BCUT2D eigenvalue weighted by Gasteiger charge is -2.09. The van der Waals surface area contributed by atoms with Crippen molar-refractivity contribution in [2.75, 3.05) is 23.7 Å². The molecule has 0 aliphatic rings. The Bertz CT molecular complexity index is 926. The number of hydrogen-bond acceptors (Lipinski definition) is 7. The molecule has 146 valence electrons. The minimum Gasteiger partial charge on any atom is -0.368 e. The number of amides is 1. The molecule has 3 aromatic heterocycles. The van der Waals surface area contributed by atoms with Gasteiger partial charge in [-0.2, -0.15) is 0 Å². The first-order valence-corrected chi connectivity index (χ1v) is 10.0. The van der Waals surface area contributed by atoms with Crippen LogP contribution in [0.2, 0.25) is 0 Å². The summed E-state index contributed by atoms with van der Waals surface area (Å²) in [5.74, 6) is 2.14. The van der Waals surface area contributed by atoms with Crippen LogP contribution in [0.3, 0.4) is 0 Å². The van der Waals surface area contributed by atoms with Crippen LogP contribution < -0.4 is 16.0 Å². The standard InChI is InChI=1S/C20H24N6OS/c1-14-5-7-21-18(11-14)26-19-12-17(24-13-25-19)22-8-9-23-20(27)4-3-16-15(2)6-10-28-16/h5-7,10-13H,3-4,8-9H2,1-2H3,(H,23,27)(H2,21,22,24,25,26).